The molecule has 28 heavy (non-hydrogen) atoms. The number of carbonyl (C=O) groups excluding carboxylic acids is 1. The maximum Gasteiger partial charge on any atom is 0.226 e. The summed E-state index contributed by atoms with van der Waals surface area (Å²) in [7, 11) is 0. The summed E-state index contributed by atoms with van der Waals surface area (Å²) in [5.41, 5.74) is 3.96. The standard InChI is InChI=1S/C24H30N2OS/c1-16-5-4-6-18(7-16)20-26-19(12-28-20)11-25-21(27)24-10-17-8-22(2,14-24)13-23(3,9-17)15-24/h4-7,12,17H,8-11,13-15H2,1-3H3,(H,25,27)/t17?,22-,23-,24?/m1/s1. The zero-order valence-electron chi connectivity index (χ0n) is 17.2. The van der Waals surface area contributed by atoms with Gasteiger partial charge in [-0.25, -0.2) is 4.98 Å². The molecule has 4 aliphatic carbocycles. The molecule has 2 atom stereocenters. The van der Waals surface area contributed by atoms with Crippen molar-refractivity contribution in [1.29, 1.82) is 0 Å². The van der Waals surface area contributed by atoms with Gasteiger partial charge in [0.15, 0.2) is 0 Å². The predicted octanol–water partition coefficient (Wildman–Crippen LogP) is 5.73. The average molecular weight is 395 g/mol. The number of hydrogen-bond donors (Lipinski definition) is 1. The maximum atomic E-state index is 13.3. The fourth-order valence-electron chi connectivity index (χ4n) is 7.36. The Morgan fingerprint density at radius 1 is 1.18 bits per heavy atom. The Hall–Kier alpha value is -1.68. The Morgan fingerprint density at radius 3 is 2.61 bits per heavy atom. The number of hydrogen-bond acceptors (Lipinski definition) is 3. The van der Waals surface area contributed by atoms with Crippen LogP contribution in [0.3, 0.4) is 0 Å². The van der Waals surface area contributed by atoms with Crippen LogP contribution in [0.5, 0.6) is 0 Å². The smallest absolute Gasteiger partial charge is 0.226 e. The van der Waals surface area contributed by atoms with Crippen molar-refractivity contribution in [3.8, 4) is 10.6 Å². The minimum absolute atomic E-state index is 0.141. The normalized spacial score (nSPS) is 35.9. The molecule has 1 aromatic carbocycles. The van der Waals surface area contributed by atoms with Crippen molar-refractivity contribution >= 4 is 17.2 Å². The average Bonchev–Trinajstić information content (AvgIpc) is 3.05. The Labute approximate surface area is 172 Å². The van der Waals surface area contributed by atoms with Gasteiger partial charge in [-0.3, -0.25) is 4.79 Å². The van der Waals surface area contributed by atoms with Gasteiger partial charge in [-0.05, 0) is 68.3 Å². The van der Waals surface area contributed by atoms with Gasteiger partial charge in [0.25, 0.3) is 0 Å². The Balaban J connectivity index is 1.30. The van der Waals surface area contributed by atoms with Crippen LogP contribution in [0.25, 0.3) is 10.6 Å². The first-order chi connectivity index (χ1) is 13.3. The summed E-state index contributed by atoms with van der Waals surface area (Å²) >= 11 is 1.66. The minimum Gasteiger partial charge on any atom is -0.350 e. The van der Waals surface area contributed by atoms with E-state index in [-0.39, 0.29) is 11.3 Å². The highest BCUT2D eigenvalue weighted by atomic mass is 32.1. The summed E-state index contributed by atoms with van der Waals surface area (Å²) in [6.45, 7) is 7.49. The first-order valence-electron chi connectivity index (χ1n) is 10.6. The highest BCUT2D eigenvalue weighted by Gasteiger charge is 2.62. The first-order valence-corrected chi connectivity index (χ1v) is 11.4. The molecular weight excluding hydrogens is 364 g/mol. The molecule has 3 nitrogen and oxygen atoms in total. The quantitative estimate of drug-likeness (QED) is 0.719. The molecule has 4 aliphatic rings. The van der Waals surface area contributed by atoms with Crippen LogP contribution in [-0.2, 0) is 11.3 Å². The molecule has 2 aromatic rings. The second-order valence-corrected chi connectivity index (χ2v) is 11.5. The second-order valence-electron chi connectivity index (χ2n) is 10.6. The molecular formula is C24H30N2OS. The molecule has 4 fully saturated rings. The van der Waals surface area contributed by atoms with Crippen molar-refractivity contribution in [2.24, 2.45) is 22.2 Å². The summed E-state index contributed by atoms with van der Waals surface area (Å²) in [5.74, 6) is 1.02. The van der Waals surface area contributed by atoms with Crippen molar-refractivity contribution < 1.29 is 4.79 Å². The van der Waals surface area contributed by atoms with Crippen LogP contribution in [-0.4, -0.2) is 10.9 Å². The third-order valence-corrected chi connectivity index (χ3v) is 8.29. The molecule has 0 radical (unpaired) electrons. The number of aryl methyl sites for hydroxylation is 1. The predicted molar refractivity (Wildman–Crippen MR) is 114 cm³/mol. The number of aromatic nitrogens is 1. The van der Waals surface area contributed by atoms with E-state index in [0.29, 0.717) is 17.4 Å². The van der Waals surface area contributed by atoms with Crippen molar-refractivity contribution in [2.75, 3.05) is 0 Å². The van der Waals surface area contributed by atoms with E-state index in [4.69, 9.17) is 4.98 Å². The third kappa shape index (κ3) is 3.10. The van der Waals surface area contributed by atoms with Crippen LogP contribution in [0.2, 0.25) is 0 Å². The van der Waals surface area contributed by atoms with Gasteiger partial charge in [-0.15, -0.1) is 11.3 Å². The van der Waals surface area contributed by atoms with Gasteiger partial charge in [-0.1, -0.05) is 37.6 Å². The summed E-state index contributed by atoms with van der Waals surface area (Å²) in [6.07, 6.45) is 7.19. The molecule has 1 N–H and O–H groups in total. The summed E-state index contributed by atoms with van der Waals surface area (Å²) in [5, 5.41) is 6.39. The lowest BCUT2D eigenvalue weighted by Gasteiger charge is -2.64. The van der Waals surface area contributed by atoms with Gasteiger partial charge in [0.1, 0.15) is 5.01 Å². The van der Waals surface area contributed by atoms with Crippen LogP contribution in [0, 0.1) is 29.1 Å². The number of amides is 1. The Bertz CT molecular complexity index is 914. The number of nitrogens with zero attached hydrogens (tertiary/aromatic N) is 1. The van der Waals surface area contributed by atoms with E-state index in [1.165, 1.54) is 24.8 Å². The van der Waals surface area contributed by atoms with Crippen molar-refractivity contribution in [2.45, 2.75) is 65.8 Å². The van der Waals surface area contributed by atoms with Crippen LogP contribution in [0.1, 0.15) is 63.6 Å². The van der Waals surface area contributed by atoms with E-state index < -0.39 is 0 Å². The van der Waals surface area contributed by atoms with E-state index in [1.807, 2.05) is 0 Å². The zero-order valence-corrected chi connectivity index (χ0v) is 18.0. The zero-order chi connectivity index (χ0) is 19.6. The fraction of sp³-hybridized carbons (Fsp3) is 0.583. The highest BCUT2D eigenvalue weighted by Crippen LogP contribution is 2.69. The molecule has 1 amide bonds. The monoisotopic (exact) mass is 394 g/mol. The number of benzene rings is 1. The lowest BCUT2D eigenvalue weighted by molar-refractivity contribution is -0.170. The van der Waals surface area contributed by atoms with Crippen molar-refractivity contribution in [3.63, 3.8) is 0 Å². The van der Waals surface area contributed by atoms with E-state index >= 15 is 0 Å². The first kappa shape index (κ1) is 18.4. The van der Waals surface area contributed by atoms with Gasteiger partial charge >= 0.3 is 0 Å². The molecule has 6 rings (SSSR count). The van der Waals surface area contributed by atoms with E-state index in [0.717, 1.165) is 41.4 Å². The maximum absolute atomic E-state index is 13.3. The lowest BCUT2D eigenvalue weighted by Crippen LogP contribution is -2.59. The van der Waals surface area contributed by atoms with Crippen LogP contribution >= 0.6 is 11.3 Å². The summed E-state index contributed by atoms with van der Waals surface area (Å²) in [4.78, 5) is 18.1. The highest BCUT2D eigenvalue weighted by molar-refractivity contribution is 7.13. The van der Waals surface area contributed by atoms with Crippen LogP contribution < -0.4 is 5.32 Å². The van der Waals surface area contributed by atoms with Crippen LogP contribution in [0.15, 0.2) is 29.6 Å². The lowest BCUT2D eigenvalue weighted by atomic mass is 9.40. The number of carbonyl (C=O) groups is 1. The van der Waals surface area contributed by atoms with Gasteiger partial charge in [-0.2, -0.15) is 0 Å². The molecule has 4 bridgehead atoms. The van der Waals surface area contributed by atoms with E-state index in [1.54, 1.807) is 11.3 Å². The topological polar surface area (TPSA) is 42.0 Å². The van der Waals surface area contributed by atoms with E-state index in [9.17, 15) is 4.79 Å². The summed E-state index contributed by atoms with van der Waals surface area (Å²) < 4.78 is 0. The number of nitrogens with one attached hydrogen (secondary N) is 1. The number of thiazole rings is 1. The third-order valence-electron chi connectivity index (χ3n) is 7.35. The van der Waals surface area contributed by atoms with Gasteiger partial charge in [0.05, 0.1) is 17.7 Å². The Kier molecular flexibility index (Phi) is 4.04. The van der Waals surface area contributed by atoms with Gasteiger partial charge < -0.3 is 5.32 Å². The Morgan fingerprint density at radius 2 is 1.93 bits per heavy atom. The molecule has 0 aliphatic heterocycles. The molecule has 1 heterocycles. The van der Waals surface area contributed by atoms with Crippen molar-refractivity contribution in [1.82, 2.24) is 10.3 Å². The SMILES string of the molecule is Cc1cccc(-c2nc(CNC(=O)C34CC5C[C@@](C)(C3)C[C@@](C)(C5)C4)cs2)c1. The van der Waals surface area contributed by atoms with Gasteiger partial charge in [0, 0.05) is 10.9 Å². The van der Waals surface area contributed by atoms with Crippen molar-refractivity contribution in [3.05, 3.63) is 40.9 Å². The fourth-order valence-corrected chi connectivity index (χ4v) is 8.17. The van der Waals surface area contributed by atoms with E-state index in [2.05, 4.69) is 55.7 Å². The molecule has 4 saturated carbocycles. The molecule has 0 saturated heterocycles. The molecule has 1 aromatic heterocycles. The number of rotatable bonds is 4. The second kappa shape index (κ2) is 6.16. The largest absolute Gasteiger partial charge is 0.350 e. The van der Waals surface area contributed by atoms with Crippen LogP contribution in [0.4, 0.5) is 0 Å². The molecule has 0 spiro atoms. The molecule has 0 unspecified atom stereocenters. The minimum atomic E-state index is -0.141. The summed E-state index contributed by atoms with van der Waals surface area (Å²) in [6, 6.07) is 8.44. The molecule has 4 heteroatoms. The van der Waals surface area contributed by atoms with Gasteiger partial charge in [0.2, 0.25) is 5.91 Å². The molecule has 148 valence electrons.